The summed E-state index contributed by atoms with van der Waals surface area (Å²) in [4.78, 5) is 66.4. The number of carbonyl (C=O) groups is 4. The summed E-state index contributed by atoms with van der Waals surface area (Å²) >= 11 is 0. The lowest BCUT2D eigenvalue weighted by molar-refractivity contribution is -0.757. The smallest absolute Gasteiger partial charge is 0.330 e. The molecule has 6 rings (SSSR count). The van der Waals surface area contributed by atoms with Gasteiger partial charge in [0, 0.05) is 34.8 Å². The summed E-state index contributed by atoms with van der Waals surface area (Å²) in [6.07, 6.45) is 6.39. The molecule has 4 aliphatic carbocycles. The lowest BCUT2D eigenvalue weighted by Crippen LogP contribution is -2.69. The van der Waals surface area contributed by atoms with E-state index in [1.807, 2.05) is 13.0 Å². The van der Waals surface area contributed by atoms with Gasteiger partial charge in [-0.1, -0.05) is 36.8 Å². The van der Waals surface area contributed by atoms with Crippen molar-refractivity contribution in [2.75, 3.05) is 26.9 Å². The second-order valence-corrected chi connectivity index (χ2v) is 15.9. The highest BCUT2D eigenvalue weighted by Gasteiger charge is 2.80. The quantitative estimate of drug-likeness (QED) is 0.0682. The number of fused-ring (bicyclic) bond motifs is 7. The van der Waals surface area contributed by atoms with E-state index in [4.69, 9.17) is 23.7 Å². The molecule has 298 valence electrons. The van der Waals surface area contributed by atoms with E-state index in [0.29, 0.717) is 41.7 Å². The van der Waals surface area contributed by atoms with Crippen molar-refractivity contribution in [3.05, 3.63) is 69.3 Å². The monoisotopic (exact) mass is 769 g/mol. The van der Waals surface area contributed by atoms with Gasteiger partial charge in [0.05, 0.1) is 39.0 Å². The van der Waals surface area contributed by atoms with Crippen LogP contribution in [0.4, 0.5) is 4.39 Å². The van der Waals surface area contributed by atoms with E-state index < -0.39 is 81.3 Å². The van der Waals surface area contributed by atoms with Gasteiger partial charge in [0.1, 0.15) is 5.75 Å². The minimum absolute atomic E-state index is 0.0656. The number of halogens is 1. The van der Waals surface area contributed by atoms with E-state index in [2.05, 4.69) is 4.84 Å². The van der Waals surface area contributed by atoms with Crippen molar-refractivity contribution in [3.8, 4) is 5.75 Å². The van der Waals surface area contributed by atoms with Gasteiger partial charge in [-0.3, -0.25) is 14.4 Å². The fourth-order valence-electron chi connectivity index (χ4n) is 9.91. The van der Waals surface area contributed by atoms with Crippen molar-refractivity contribution in [1.29, 1.82) is 0 Å². The zero-order valence-corrected chi connectivity index (χ0v) is 31.7. The number of carbonyl (C=O) groups excluding carboxylic acids is 4. The molecule has 14 nitrogen and oxygen atoms in total. The van der Waals surface area contributed by atoms with E-state index in [0.717, 1.165) is 0 Å². The first-order chi connectivity index (χ1) is 25.9. The number of allylic oxidation sites excluding steroid dienone is 4. The molecule has 0 bridgehead atoms. The summed E-state index contributed by atoms with van der Waals surface area (Å²) in [6, 6.07) is 4.91. The molecule has 8 atom stereocenters. The average Bonchev–Trinajstić information content (AvgIpc) is 3.54. The van der Waals surface area contributed by atoms with Crippen LogP contribution in [0.1, 0.15) is 77.3 Å². The number of alkyl halides is 1. The number of aliphatic hydroxyl groups excluding tert-OH is 1. The summed E-state index contributed by atoms with van der Waals surface area (Å²) in [5, 5.41) is 21.1. The number of hydrogen-bond donors (Lipinski definition) is 1. The highest BCUT2D eigenvalue weighted by atomic mass is 19.1. The molecule has 1 unspecified atom stereocenters. The first-order valence-electron chi connectivity index (χ1n) is 18.5. The number of rotatable bonds is 14. The minimum atomic E-state index is -2.10. The Balaban J connectivity index is 1.12. The number of benzene rings is 1. The minimum Gasteiger partial charge on any atom is -0.496 e. The molecule has 5 aliphatic rings. The molecule has 0 amide bonds. The normalized spacial score (nSPS) is 34.2. The predicted molar refractivity (Wildman–Crippen MR) is 191 cm³/mol. The van der Waals surface area contributed by atoms with Crippen LogP contribution in [0.3, 0.4) is 0 Å². The molecule has 3 fully saturated rings. The average molecular weight is 770 g/mol. The van der Waals surface area contributed by atoms with Gasteiger partial charge in [0.25, 0.3) is 5.09 Å². The van der Waals surface area contributed by atoms with E-state index >= 15 is 4.39 Å². The van der Waals surface area contributed by atoms with E-state index in [1.54, 1.807) is 45.0 Å². The van der Waals surface area contributed by atoms with Crippen LogP contribution >= 0.6 is 0 Å². The fourth-order valence-corrected chi connectivity index (χ4v) is 9.91. The number of unbranched alkanes of at least 4 members (excludes halogenated alkanes) is 1. The third kappa shape index (κ3) is 6.99. The summed E-state index contributed by atoms with van der Waals surface area (Å²) in [5.41, 5.74) is -4.32. The van der Waals surface area contributed by atoms with Gasteiger partial charge >= 0.3 is 11.9 Å². The summed E-state index contributed by atoms with van der Waals surface area (Å²) in [6.45, 7) is 6.30. The van der Waals surface area contributed by atoms with Crippen molar-refractivity contribution < 1.29 is 62.3 Å². The van der Waals surface area contributed by atoms with Crippen molar-refractivity contribution in [1.82, 2.24) is 0 Å². The van der Waals surface area contributed by atoms with Crippen molar-refractivity contribution in [2.24, 2.45) is 22.7 Å². The number of ketones is 2. The first kappa shape index (κ1) is 40.2. The number of Topliss-reactive ketones (excluding diaryl/α,β-unsaturated/α-hetero) is 1. The van der Waals surface area contributed by atoms with Gasteiger partial charge in [-0.2, -0.15) is 0 Å². The molecule has 0 aromatic heterocycles. The second-order valence-electron chi connectivity index (χ2n) is 15.9. The standard InChI is InChI=1S/C40H48FNO13/c1-36(2)54-33-21-29-28-12-11-26-20-27(43)14-15-37(26,3)39(28,41)31(44)22-38(29,4)40(33,55-36)32(45)23-52-35(47)19-25-10-8-24(18-30(25)50-5)9-13-34(46)51-16-6-7-17-53-42(48)49/h8-11,13-15,18,28-29,31,33,44H,6-7,12,16-17,19-23H2,1-5H3/t28?,29-,31-,33+,37-,38-,39-,40+/m0/s1. The SMILES string of the molecule is COc1cc(C=CC(=O)OCCCCO[N+](=O)[O-])ccc1CC(=O)OCC(=O)[C@@]12OC(C)(C)O[C@@H]1C[C@H]1C3CC=C4CC(=O)C=C[C@]4(C)[C@@]3(F)[C@@H](O)C[C@@]12C. The van der Waals surface area contributed by atoms with Crippen LogP contribution in [0.15, 0.2) is 48.1 Å². The largest absolute Gasteiger partial charge is 0.496 e. The highest BCUT2D eigenvalue weighted by Crippen LogP contribution is 2.72. The molecule has 55 heavy (non-hydrogen) atoms. The molecular formula is C40H48FNO13. The molecule has 15 heteroatoms. The van der Waals surface area contributed by atoms with Gasteiger partial charge in [0.15, 0.2) is 29.4 Å². The molecule has 1 heterocycles. The Labute approximate surface area is 318 Å². The van der Waals surface area contributed by atoms with Crippen LogP contribution in [0, 0.1) is 32.8 Å². The van der Waals surface area contributed by atoms with Gasteiger partial charge < -0.3 is 33.6 Å². The predicted octanol–water partition coefficient (Wildman–Crippen LogP) is 4.77. The van der Waals surface area contributed by atoms with E-state index in [1.165, 1.54) is 25.3 Å². The first-order valence-corrected chi connectivity index (χ1v) is 18.5. The van der Waals surface area contributed by atoms with Gasteiger partial charge in [-0.05, 0) is 82.6 Å². The van der Waals surface area contributed by atoms with E-state index in [-0.39, 0.29) is 44.7 Å². The molecule has 0 radical (unpaired) electrons. The van der Waals surface area contributed by atoms with Gasteiger partial charge in [-0.25, -0.2) is 9.18 Å². The Kier molecular flexibility index (Phi) is 10.9. The summed E-state index contributed by atoms with van der Waals surface area (Å²) < 4.78 is 46.7. The zero-order chi connectivity index (χ0) is 40.0. The zero-order valence-electron chi connectivity index (χ0n) is 31.7. The lowest BCUT2D eigenvalue weighted by Gasteiger charge is -2.62. The van der Waals surface area contributed by atoms with Crippen LogP contribution in [-0.4, -0.2) is 89.9 Å². The number of hydrogen-bond acceptors (Lipinski definition) is 13. The van der Waals surface area contributed by atoms with Crippen molar-refractivity contribution in [2.45, 2.75) is 102 Å². The third-order valence-corrected chi connectivity index (χ3v) is 12.4. The van der Waals surface area contributed by atoms with Crippen LogP contribution in [-0.2, 0) is 49.4 Å². The Morgan fingerprint density at radius 3 is 2.58 bits per heavy atom. The van der Waals surface area contributed by atoms with Crippen LogP contribution < -0.4 is 4.74 Å². The van der Waals surface area contributed by atoms with Gasteiger partial charge in [-0.15, -0.1) is 10.1 Å². The Morgan fingerprint density at radius 2 is 1.85 bits per heavy atom. The Bertz CT molecular complexity index is 1840. The third-order valence-electron chi connectivity index (χ3n) is 12.4. The number of nitrogens with zero attached hydrogens (tertiary/aromatic N) is 1. The molecule has 1 aliphatic heterocycles. The number of methoxy groups -OCH3 is 1. The summed E-state index contributed by atoms with van der Waals surface area (Å²) in [7, 11) is 1.42. The maximum atomic E-state index is 17.7. The second kappa shape index (κ2) is 14.9. The molecule has 2 saturated carbocycles. The van der Waals surface area contributed by atoms with Crippen molar-refractivity contribution >= 4 is 29.6 Å². The molecule has 0 spiro atoms. The number of aliphatic hydroxyl groups is 1. The Hall–Kier alpha value is -4.47. The van der Waals surface area contributed by atoms with Crippen LogP contribution in [0.25, 0.3) is 6.08 Å². The Morgan fingerprint density at radius 1 is 1.11 bits per heavy atom. The molecule has 1 saturated heterocycles. The molecular weight excluding hydrogens is 721 g/mol. The highest BCUT2D eigenvalue weighted by molar-refractivity contribution is 5.94. The van der Waals surface area contributed by atoms with E-state index in [9.17, 15) is 34.4 Å². The van der Waals surface area contributed by atoms with Crippen LogP contribution in [0.5, 0.6) is 5.75 Å². The van der Waals surface area contributed by atoms with Gasteiger partial charge in [0.2, 0.25) is 5.78 Å². The summed E-state index contributed by atoms with van der Waals surface area (Å²) in [5.74, 6) is -3.96. The molecule has 1 aromatic rings. The number of esters is 2. The van der Waals surface area contributed by atoms with Crippen LogP contribution in [0.2, 0.25) is 0 Å². The number of ether oxygens (including phenoxy) is 5. The molecule has 1 N–H and O–H groups in total. The molecule has 1 aromatic carbocycles. The maximum absolute atomic E-state index is 17.7. The fraction of sp³-hybridized carbons (Fsp3) is 0.600. The maximum Gasteiger partial charge on any atom is 0.330 e. The topological polar surface area (TPSA) is 187 Å². The van der Waals surface area contributed by atoms with Crippen molar-refractivity contribution in [3.63, 3.8) is 0 Å². The lowest BCUT2D eigenvalue weighted by atomic mass is 9.45.